The van der Waals surface area contributed by atoms with Crippen LogP contribution in [0.15, 0.2) is 24.3 Å². The minimum absolute atomic E-state index is 0.0953. The van der Waals surface area contributed by atoms with Crippen molar-refractivity contribution in [1.82, 2.24) is 5.32 Å². The standard InChI is InChI=1S/C13H17BrN2O2/c1-9(2)8-15-13(18)10-3-5-11(6-4-10)16-12(17)7-14/h3-6,9H,7-8H2,1-2H3,(H,15,18)(H,16,17). The zero-order valence-corrected chi connectivity index (χ0v) is 12.1. The third-order valence-corrected chi connectivity index (χ3v) is 2.73. The van der Waals surface area contributed by atoms with Crippen molar-refractivity contribution >= 4 is 33.4 Å². The first-order chi connectivity index (χ1) is 8.52. The number of amides is 2. The van der Waals surface area contributed by atoms with E-state index in [4.69, 9.17) is 0 Å². The van der Waals surface area contributed by atoms with E-state index in [2.05, 4.69) is 26.6 Å². The normalized spacial score (nSPS) is 10.2. The number of benzene rings is 1. The van der Waals surface area contributed by atoms with Gasteiger partial charge < -0.3 is 10.6 Å². The van der Waals surface area contributed by atoms with Crippen LogP contribution in [0.25, 0.3) is 0 Å². The fraction of sp³-hybridized carbons (Fsp3) is 0.385. The first kappa shape index (κ1) is 14.7. The molecule has 0 aromatic heterocycles. The van der Waals surface area contributed by atoms with Gasteiger partial charge in [0.2, 0.25) is 5.91 Å². The van der Waals surface area contributed by atoms with Crippen molar-refractivity contribution in [2.75, 3.05) is 17.2 Å². The van der Waals surface area contributed by atoms with Gasteiger partial charge >= 0.3 is 0 Å². The molecule has 1 aromatic carbocycles. The van der Waals surface area contributed by atoms with Crippen LogP contribution in [-0.4, -0.2) is 23.7 Å². The van der Waals surface area contributed by atoms with Crippen LogP contribution in [0.5, 0.6) is 0 Å². The van der Waals surface area contributed by atoms with E-state index >= 15 is 0 Å². The lowest BCUT2D eigenvalue weighted by Crippen LogP contribution is -2.27. The minimum Gasteiger partial charge on any atom is -0.352 e. The van der Waals surface area contributed by atoms with Gasteiger partial charge in [0.15, 0.2) is 0 Å². The number of rotatable bonds is 5. The second-order valence-corrected chi connectivity index (χ2v) is 4.92. The monoisotopic (exact) mass is 312 g/mol. The van der Waals surface area contributed by atoms with Gasteiger partial charge in [-0.25, -0.2) is 0 Å². The number of nitrogens with one attached hydrogen (secondary N) is 2. The maximum Gasteiger partial charge on any atom is 0.251 e. The molecule has 0 aliphatic heterocycles. The average Bonchev–Trinajstić information content (AvgIpc) is 2.36. The van der Waals surface area contributed by atoms with Crippen LogP contribution >= 0.6 is 15.9 Å². The Bertz CT molecular complexity index is 416. The Morgan fingerprint density at radius 2 is 1.83 bits per heavy atom. The minimum atomic E-state index is -0.119. The molecule has 0 spiro atoms. The largest absolute Gasteiger partial charge is 0.352 e. The lowest BCUT2D eigenvalue weighted by molar-refractivity contribution is -0.113. The van der Waals surface area contributed by atoms with Crippen molar-refractivity contribution in [2.45, 2.75) is 13.8 Å². The molecule has 2 N–H and O–H groups in total. The maximum absolute atomic E-state index is 11.7. The number of hydrogen-bond donors (Lipinski definition) is 2. The maximum atomic E-state index is 11.7. The Labute approximate surface area is 115 Å². The van der Waals surface area contributed by atoms with Crippen molar-refractivity contribution < 1.29 is 9.59 Å². The second-order valence-electron chi connectivity index (χ2n) is 4.36. The summed E-state index contributed by atoms with van der Waals surface area (Å²) >= 11 is 3.07. The molecule has 4 nitrogen and oxygen atoms in total. The molecule has 0 aliphatic rings. The number of carbonyl (C=O) groups is 2. The quantitative estimate of drug-likeness (QED) is 0.820. The number of carbonyl (C=O) groups excluding carboxylic acids is 2. The zero-order chi connectivity index (χ0) is 13.5. The number of alkyl halides is 1. The Hall–Kier alpha value is -1.36. The lowest BCUT2D eigenvalue weighted by atomic mass is 10.1. The molecule has 2 amide bonds. The first-order valence-corrected chi connectivity index (χ1v) is 6.89. The van der Waals surface area contributed by atoms with E-state index in [1.807, 2.05) is 13.8 Å². The van der Waals surface area contributed by atoms with Crippen LogP contribution in [0.2, 0.25) is 0 Å². The Morgan fingerprint density at radius 3 is 2.33 bits per heavy atom. The van der Waals surface area contributed by atoms with E-state index in [1.165, 1.54) is 0 Å². The molecule has 0 bridgehead atoms. The fourth-order valence-electron chi connectivity index (χ4n) is 1.30. The number of hydrogen-bond acceptors (Lipinski definition) is 2. The van der Waals surface area contributed by atoms with Crippen LogP contribution < -0.4 is 10.6 Å². The van der Waals surface area contributed by atoms with Gasteiger partial charge in [0.25, 0.3) is 5.91 Å². The summed E-state index contributed by atoms with van der Waals surface area (Å²) in [6.07, 6.45) is 0. The van der Waals surface area contributed by atoms with E-state index in [1.54, 1.807) is 24.3 Å². The van der Waals surface area contributed by atoms with Crippen molar-refractivity contribution in [3.8, 4) is 0 Å². The van der Waals surface area contributed by atoms with Gasteiger partial charge in [-0.1, -0.05) is 29.8 Å². The SMILES string of the molecule is CC(C)CNC(=O)c1ccc(NC(=O)CBr)cc1. The number of halogens is 1. The molecule has 1 aromatic rings. The first-order valence-electron chi connectivity index (χ1n) is 5.77. The fourth-order valence-corrected chi connectivity index (χ4v) is 1.44. The van der Waals surface area contributed by atoms with Crippen LogP contribution in [0, 0.1) is 5.92 Å². The summed E-state index contributed by atoms with van der Waals surface area (Å²) in [5.74, 6) is 0.209. The summed E-state index contributed by atoms with van der Waals surface area (Å²) in [6.45, 7) is 4.74. The van der Waals surface area contributed by atoms with E-state index < -0.39 is 0 Å². The van der Waals surface area contributed by atoms with Crippen molar-refractivity contribution in [3.63, 3.8) is 0 Å². The van der Waals surface area contributed by atoms with E-state index in [-0.39, 0.29) is 17.1 Å². The predicted octanol–water partition coefficient (Wildman–Crippen LogP) is 2.41. The highest BCUT2D eigenvalue weighted by molar-refractivity contribution is 9.09. The van der Waals surface area contributed by atoms with Crippen molar-refractivity contribution in [3.05, 3.63) is 29.8 Å². The van der Waals surface area contributed by atoms with Gasteiger partial charge in [-0.2, -0.15) is 0 Å². The molecule has 5 heteroatoms. The molecular formula is C13H17BrN2O2. The lowest BCUT2D eigenvalue weighted by Gasteiger charge is -2.08. The zero-order valence-electron chi connectivity index (χ0n) is 10.5. The Balaban J connectivity index is 2.59. The Morgan fingerprint density at radius 1 is 1.22 bits per heavy atom. The van der Waals surface area contributed by atoms with E-state index in [0.29, 0.717) is 23.7 Å². The van der Waals surface area contributed by atoms with Gasteiger partial charge in [-0.3, -0.25) is 9.59 Å². The number of anilines is 1. The molecule has 0 aliphatic carbocycles. The highest BCUT2D eigenvalue weighted by Crippen LogP contribution is 2.09. The van der Waals surface area contributed by atoms with Crippen LogP contribution in [0.4, 0.5) is 5.69 Å². The van der Waals surface area contributed by atoms with Crippen LogP contribution in [0.1, 0.15) is 24.2 Å². The third kappa shape index (κ3) is 4.87. The average molecular weight is 313 g/mol. The molecule has 98 valence electrons. The van der Waals surface area contributed by atoms with Gasteiger partial charge in [0, 0.05) is 17.8 Å². The summed E-state index contributed by atoms with van der Waals surface area (Å²) in [5.41, 5.74) is 1.27. The molecule has 0 radical (unpaired) electrons. The summed E-state index contributed by atoms with van der Waals surface area (Å²) < 4.78 is 0. The van der Waals surface area contributed by atoms with E-state index in [9.17, 15) is 9.59 Å². The van der Waals surface area contributed by atoms with Crippen molar-refractivity contribution in [1.29, 1.82) is 0 Å². The molecule has 0 saturated heterocycles. The summed E-state index contributed by atoms with van der Waals surface area (Å²) in [6, 6.07) is 6.81. The molecule has 0 fully saturated rings. The van der Waals surface area contributed by atoms with E-state index in [0.717, 1.165) is 0 Å². The molecule has 0 atom stereocenters. The van der Waals surface area contributed by atoms with Gasteiger partial charge in [-0.05, 0) is 30.2 Å². The highest BCUT2D eigenvalue weighted by Gasteiger charge is 2.06. The summed E-state index contributed by atoms with van der Waals surface area (Å²) in [5, 5.41) is 5.78. The molecule has 1 rings (SSSR count). The molecule has 0 heterocycles. The molecule has 0 saturated carbocycles. The van der Waals surface area contributed by atoms with Gasteiger partial charge in [0.1, 0.15) is 0 Å². The topological polar surface area (TPSA) is 58.2 Å². The predicted molar refractivity (Wildman–Crippen MR) is 76.0 cm³/mol. The van der Waals surface area contributed by atoms with Crippen LogP contribution in [-0.2, 0) is 4.79 Å². The van der Waals surface area contributed by atoms with Gasteiger partial charge in [0.05, 0.1) is 5.33 Å². The summed E-state index contributed by atoms with van der Waals surface area (Å²) in [7, 11) is 0. The smallest absolute Gasteiger partial charge is 0.251 e. The van der Waals surface area contributed by atoms with Gasteiger partial charge in [-0.15, -0.1) is 0 Å². The second kappa shape index (κ2) is 7.16. The van der Waals surface area contributed by atoms with Crippen molar-refractivity contribution in [2.24, 2.45) is 5.92 Å². The molecule has 18 heavy (non-hydrogen) atoms. The Kier molecular flexibility index (Phi) is 5.85. The summed E-state index contributed by atoms with van der Waals surface area (Å²) in [4.78, 5) is 22.9. The molecule has 0 unspecified atom stereocenters. The molecular weight excluding hydrogens is 296 g/mol. The van der Waals surface area contributed by atoms with Crippen LogP contribution in [0.3, 0.4) is 0 Å². The highest BCUT2D eigenvalue weighted by atomic mass is 79.9. The third-order valence-electron chi connectivity index (χ3n) is 2.22.